The minimum Gasteiger partial charge on any atom is -0.478 e. The molecule has 60 valence electrons. The maximum Gasteiger partial charge on any atom is 0.339 e. The number of alkyl halides is 1. The van der Waals surface area contributed by atoms with Gasteiger partial charge in [0.15, 0.2) is 0 Å². The molecular formula is C4H4ClF3O2. The highest BCUT2D eigenvalue weighted by Gasteiger charge is 2.13. The van der Waals surface area contributed by atoms with Crippen LogP contribution in [0.4, 0.5) is 13.2 Å². The second-order valence-electron chi connectivity index (χ2n) is 1.18. The third-order valence-corrected chi connectivity index (χ3v) is 0.620. The molecule has 0 aromatic rings. The summed E-state index contributed by atoms with van der Waals surface area (Å²) in [5.41, 5.74) is -1.48. The van der Waals surface area contributed by atoms with Crippen LogP contribution in [0.2, 0.25) is 0 Å². The number of carboxylic acids is 1. The zero-order chi connectivity index (χ0) is 7.44. The Balaban J connectivity index is 0. The van der Waals surface area contributed by atoms with Crippen molar-refractivity contribution in [1.29, 1.82) is 0 Å². The first kappa shape index (κ1) is 12.0. The number of halogens is 4. The van der Waals surface area contributed by atoms with Gasteiger partial charge in [-0.1, -0.05) is 0 Å². The third-order valence-electron chi connectivity index (χ3n) is 0.620. The molecule has 0 saturated heterocycles. The number of carbonyl (C=O) groups is 1. The first-order chi connectivity index (χ1) is 4.09. The molecule has 0 unspecified atom stereocenters. The van der Waals surface area contributed by atoms with Gasteiger partial charge in [0.1, 0.15) is 12.2 Å². The molecule has 0 bridgehead atoms. The molecular weight excluding hydrogens is 172 g/mol. The van der Waals surface area contributed by atoms with Crippen LogP contribution in [-0.2, 0) is 4.79 Å². The van der Waals surface area contributed by atoms with E-state index in [-0.39, 0.29) is 12.4 Å². The van der Waals surface area contributed by atoms with Crippen molar-refractivity contribution >= 4 is 18.4 Å². The zero-order valence-corrected chi connectivity index (χ0v) is 5.42. The molecule has 0 aliphatic rings. The van der Waals surface area contributed by atoms with Gasteiger partial charge >= 0.3 is 5.97 Å². The summed E-state index contributed by atoms with van der Waals surface area (Å²) in [5.74, 6) is -1.92. The second-order valence-corrected chi connectivity index (χ2v) is 1.18. The van der Waals surface area contributed by atoms with Gasteiger partial charge in [0.25, 0.3) is 6.08 Å². The summed E-state index contributed by atoms with van der Waals surface area (Å²) >= 11 is 0. The molecule has 0 radical (unpaired) electrons. The van der Waals surface area contributed by atoms with Crippen LogP contribution >= 0.6 is 12.4 Å². The van der Waals surface area contributed by atoms with Crippen molar-refractivity contribution in [2.24, 2.45) is 0 Å². The lowest BCUT2D eigenvalue weighted by Crippen LogP contribution is -2.02. The topological polar surface area (TPSA) is 37.3 Å². The van der Waals surface area contributed by atoms with Crippen molar-refractivity contribution in [3.8, 4) is 0 Å². The fourth-order valence-corrected chi connectivity index (χ4v) is 0.188. The standard InChI is InChI=1S/C4H3F3O2.ClH/c5-1-2(3(6)7)4(8)9;/h1H2,(H,8,9);1H. The lowest BCUT2D eigenvalue weighted by molar-refractivity contribution is -0.133. The van der Waals surface area contributed by atoms with E-state index < -0.39 is 24.3 Å². The van der Waals surface area contributed by atoms with Gasteiger partial charge in [-0.25, -0.2) is 9.18 Å². The van der Waals surface area contributed by atoms with Crippen LogP contribution in [0.5, 0.6) is 0 Å². The highest BCUT2D eigenvalue weighted by atomic mass is 35.5. The Labute approximate surface area is 60.7 Å². The molecule has 0 aliphatic heterocycles. The van der Waals surface area contributed by atoms with Gasteiger partial charge < -0.3 is 5.11 Å². The molecule has 0 amide bonds. The van der Waals surface area contributed by atoms with Crippen molar-refractivity contribution in [2.75, 3.05) is 6.67 Å². The Bertz CT molecular complexity index is 153. The average molecular weight is 177 g/mol. The van der Waals surface area contributed by atoms with Crippen LogP contribution in [0.1, 0.15) is 0 Å². The Morgan fingerprint density at radius 3 is 1.80 bits per heavy atom. The van der Waals surface area contributed by atoms with Crippen LogP contribution in [0.3, 0.4) is 0 Å². The van der Waals surface area contributed by atoms with Gasteiger partial charge in [-0.05, 0) is 0 Å². The van der Waals surface area contributed by atoms with Gasteiger partial charge in [0.05, 0.1) is 0 Å². The predicted molar refractivity (Wildman–Crippen MR) is 30.1 cm³/mol. The summed E-state index contributed by atoms with van der Waals surface area (Å²) in [6, 6.07) is 0. The van der Waals surface area contributed by atoms with E-state index in [1.54, 1.807) is 0 Å². The minimum absolute atomic E-state index is 0. The van der Waals surface area contributed by atoms with Crippen molar-refractivity contribution < 1.29 is 23.1 Å². The first-order valence-corrected chi connectivity index (χ1v) is 1.93. The molecule has 0 heterocycles. The minimum atomic E-state index is -2.48. The zero-order valence-electron chi connectivity index (χ0n) is 4.60. The molecule has 1 N–H and O–H groups in total. The highest BCUT2D eigenvalue weighted by Crippen LogP contribution is 2.07. The lowest BCUT2D eigenvalue weighted by Gasteiger charge is -1.89. The predicted octanol–water partition coefficient (Wildman–Crippen LogP) is 1.61. The van der Waals surface area contributed by atoms with E-state index in [0.29, 0.717) is 0 Å². The molecule has 0 spiro atoms. The smallest absolute Gasteiger partial charge is 0.339 e. The number of hydrogen-bond acceptors (Lipinski definition) is 1. The maximum absolute atomic E-state index is 11.2. The summed E-state index contributed by atoms with van der Waals surface area (Å²) < 4.78 is 33.7. The third kappa shape index (κ3) is 3.34. The summed E-state index contributed by atoms with van der Waals surface area (Å²) in [6.07, 6.45) is -2.48. The highest BCUT2D eigenvalue weighted by molar-refractivity contribution is 5.87. The lowest BCUT2D eigenvalue weighted by atomic mass is 10.3. The van der Waals surface area contributed by atoms with Gasteiger partial charge in [0.2, 0.25) is 0 Å². The van der Waals surface area contributed by atoms with Gasteiger partial charge in [-0.2, -0.15) is 8.78 Å². The molecule has 0 aromatic heterocycles. The fourth-order valence-electron chi connectivity index (χ4n) is 0.188. The van der Waals surface area contributed by atoms with E-state index >= 15 is 0 Å². The van der Waals surface area contributed by atoms with Crippen LogP contribution in [0.25, 0.3) is 0 Å². The van der Waals surface area contributed by atoms with Crippen molar-refractivity contribution in [3.05, 3.63) is 11.7 Å². The van der Waals surface area contributed by atoms with Crippen LogP contribution in [0.15, 0.2) is 11.7 Å². The van der Waals surface area contributed by atoms with E-state index in [2.05, 4.69) is 0 Å². The van der Waals surface area contributed by atoms with Crippen molar-refractivity contribution in [1.82, 2.24) is 0 Å². The Kier molecular flexibility index (Phi) is 6.13. The first-order valence-electron chi connectivity index (χ1n) is 1.93. The Morgan fingerprint density at radius 2 is 1.80 bits per heavy atom. The Morgan fingerprint density at radius 1 is 1.40 bits per heavy atom. The summed E-state index contributed by atoms with van der Waals surface area (Å²) in [7, 11) is 0. The van der Waals surface area contributed by atoms with E-state index in [4.69, 9.17) is 5.11 Å². The second kappa shape index (κ2) is 5.10. The molecule has 0 fully saturated rings. The number of rotatable bonds is 2. The summed E-state index contributed by atoms with van der Waals surface area (Å²) in [5, 5.41) is 7.77. The maximum atomic E-state index is 11.2. The summed E-state index contributed by atoms with van der Waals surface area (Å²) in [4.78, 5) is 9.59. The molecule has 6 heteroatoms. The van der Waals surface area contributed by atoms with E-state index in [0.717, 1.165) is 0 Å². The molecule has 0 aliphatic carbocycles. The van der Waals surface area contributed by atoms with Crippen molar-refractivity contribution in [3.63, 3.8) is 0 Å². The van der Waals surface area contributed by atoms with Gasteiger partial charge in [0, 0.05) is 0 Å². The van der Waals surface area contributed by atoms with E-state index in [9.17, 15) is 18.0 Å². The molecule has 0 saturated carbocycles. The molecule has 0 rings (SSSR count). The molecule has 0 aromatic carbocycles. The monoisotopic (exact) mass is 176 g/mol. The van der Waals surface area contributed by atoms with Crippen LogP contribution in [0, 0.1) is 0 Å². The SMILES string of the molecule is Cl.O=C(O)C(CF)=C(F)F. The average Bonchev–Trinajstić information content (AvgIpc) is 1.64. The summed E-state index contributed by atoms with van der Waals surface area (Å²) in [6.45, 7) is -1.64. The molecule has 0 atom stereocenters. The largest absolute Gasteiger partial charge is 0.478 e. The van der Waals surface area contributed by atoms with E-state index in [1.165, 1.54) is 0 Å². The van der Waals surface area contributed by atoms with E-state index in [1.807, 2.05) is 0 Å². The fraction of sp³-hybridized carbons (Fsp3) is 0.250. The van der Waals surface area contributed by atoms with Gasteiger partial charge in [-0.3, -0.25) is 0 Å². The Hall–Kier alpha value is -0.710. The van der Waals surface area contributed by atoms with Gasteiger partial charge in [-0.15, -0.1) is 12.4 Å². The van der Waals surface area contributed by atoms with Crippen LogP contribution in [-0.4, -0.2) is 17.8 Å². The number of aliphatic carboxylic acids is 1. The molecule has 2 nitrogen and oxygen atoms in total. The quantitative estimate of drug-likeness (QED) is 0.649. The number of carboxylic acid groups (broad SMARTS) is 1. The normalized spacial score (nSPS) is 7.90. The molecule has 10 heavy (non-hydrogen) atoms. The van der Waals surface area contributed by atoms with Crippen molar-refractivity contribution in [2.45, 2.75) is 0 Å². The number of hydrogen-bond donors (Lipinski definition) is 1. The van der Waals surface area contributed by atoms with Crippen LogP contribution < -0.4 is 0 Å².